The molecule has 1 aromatic carbocycles. The Bertz CT molecular complexity index is 357. The molecule has 0 aliphatic carbocycles. The Hall–Kier alpha value is -0.340. The Morgan fingerprint density at radius 1 is 1.20 bits per heavy atom. The van der Waals surface area contributed by atoms with Crippen LogP contribution in [0.5, 0.6) is 0 Å². The Balaban J connectivity index is 3.09. The van der Waals surface area contributed by atoms with Crippen molar-refractivity contribution in [1.29, 1.82) is 0 Å². The fourth-order valence-electron chi connectivity index (χ4n) is 1.19. The van der Waals surface area contributed by atoms with Gasteiger partial charge in [-0.25, -0.2) is 0 Å². The first kappa shape index (κ1) is 12.7. The number of rotatable bonds is 5. The highest BCUT2D eigenvalue weighted by molar-refractivity contribution is 7.62. The molecule has 0 unspecified atom stereocenters. The van der Waals surface area contributed by atoms with Gasteiger partial charge in [0.1, 0.15) is 0 Å². The second kappa shape index (κ2) is 5.66. The molecule has 0 fully saturated rings. The molecule has 0 saturated heterocycles. The lowest BCUT2D eigenvalue weighted by Crippen LogP contribution is -2.11. The van der Waals surface area contributed by atoms with E-state index in [1.165, 1.54) is 0 Å². The van der Waals surface area contributed by atoms with Crippen LogP contribution in [0.2, 0.25) is 5.02 Å². The lowest BCUT2D eigenvalue weighted by atomic mass is 10.4. The maximum atomic E-state index is 12.3. The van der Waals surface area contributed by atoms with Crippen LogP contribution < -0.4 is 5.30 Å². The van der Waals surface area contributed by atoms with Crippen molar-refractivity contribution >= 4 is 24.5 Å². The van der Waals surface area contributed by atoms with Crippen LogP contribution in [0, 0.1) is 0 Å². The highest BCUT2D eigenvalue weighted by Gasteiger charge is 2.28. The van der Waals surface area contributed by atoms with Crippen LogP contribution in [-0.2, 0) is 13.6 Å². The predicted octanol–water partition coefficient (Wildman–Crippen LogP) is 3.23. The van der Waals surface area contributed by atoms with Gasteiger partial charge in [0.05, 0.1) is 23.5 Å². The Morgan fingerprint density at radius 3 is 2.20 bits per heavy atom. The van der Waals surface area contributed by atoms with Crippen LogP contribution in [0.3, 0.4) is 0 Å². The van der Waals surface area contributed by atoms with Crippen LogP contribution in [0.1, 0.15) is 13.8 Å². The van der Waals surface area contributed by atoms with Crippen molar-refractivity contribution in [2.45, 2.75) is 13.8 Å². The SMILES string of the molecule is CCOP(=O)(OCC)c1ccccc1Cl. The van der Waals surface area contributed by atoms with E-state index in [2.05, 4.69) is 0 Å². The van der Waals surface area contributed by atoms with Crippen molar-refractivity contribution in [3.63, 3.8) is 0 Å². The first-order chi connectivity index (χ1) is 7.14. The molecule has 3 nitrogen and oxygen atoms in total. The summed E-state index contributed by atoms with van der Waals surface area (Å²) in [4.78, 5) is 0. The molecule has 0 N–H and O–H groups in total. The van der Waals surface area contributed by atoms with Gasteiger partial charge in [0.25, 0.3) is 0 Å². The number of hydrogen-bond donors (Lipinski definition) is 0. The van der Waals surface area contributed by atoms with Crippen LogP contribution in [0.4, 0.5) is 0 Å². The smallest absolute Gasteiger partial charge is 0.305 e. The summed E-state index contributed by atoms with van der Waals surface area (Å²) in [5.41, 5.74) is 0. The fourth-order valence-corrected chi connectivity index (χ4v) is 3.27. The van der Waals surface area contributed by atoms with Crippen LogP contribution >= 0.6 is 19.2 Å². The van der Waals surface area contributed by atoms with Crippen molar-refractivity contribution in [3.8, 4) is 0 Å². The number of hydrogen-bond acceptors (Lipinski definition) is 3. The molecular formula is C10H14ClO3P. The van der Waals surface area contributed by atoms with Crippen molar-refractivity contribution in [2.24, 2.45) is 0 Å². The lowest BCUT2D eigenvalue weighted by Gasteiger charge is -2.17. The average molecular weight is 249 g/mol. The molecule has 0 aromatic heterocycles. The molecule has 1 rings (SSSR count). The van der Waals surface area contributed by atoms with Gasteiger partial charge in [-0.3, -0.25) is 4.57 Å². The van der Waals surface area contributed by atoms with Crippen LogP contribution in [-0.4, -0.2) is 13.2 Å². The molecule has 0 heterocycles. The van der Waals surface area contributed by atoms with Crippen molar-refractivity contribution < 1.29 is 13.6 Å². The Morgan fingerprint density at radius 2 is 1.73 bits per heavy atom. The monoisotopic (exact) mass is 248 g/mol. The summed E-state index contributed by atoms with van der Waals surface area (Å²) >= 11 is 5.95. The minimum absolute atomic E-state index is 0.322. The van der Waals surface area contributed by atoms with Gasteiger partial charge in [-0.1, -0.05) is 23.7 Å². The lowest BCUT2D eigenvalue weighted by molar-refractivity contribution is 0.230. The van der Waals surface area contributed by atoms with Gasteiger partial charge < -0.3 is 9.05 Å². The van der Waals surface area contributed by atoms with E-state index in [9.17, 15) is 4.57 Å². The van der Waals surface area contributed by atoms with E-state index in [0.717, 1.165) is 0 Å². The minimum atomic E-state index is -3.24. The Labute approximate surface area is 94.9 Å². The second-order valence-electron chi connectivity index (χ2n) is 2.78. The van der Waals surface area contributed by atoms with Crippen LogP contribution in [0.25, 0.3) is 0 Å². The highest BCUT2D eigenvalue weighted by atomic mass is 35.5. The highest BCUT2D eigenvalue weighted by Crippen LogP contribution is 2.48. The maximum Gasteiger partial charge on any atom is 0.362 e. The maximum absolute atomic E-state index is 12.3. The normalized spacial score (nSPS) is 11.7. The van der Waals surface area contributed by atoms with E-state index >= 15 is 0 Å². The van der Waals surface area contributed by atoms with Crippen molar-refractivity contribution in [2.75, 3.05) is 13.2 Å². The second-order valence-corrected chi connectivity index (χ2v) is 5.18. The molecule has 0 aliphatic heterocycles. The topological polar surface area (TPSA) is 35.5 Å². The van der Waals surface area contributed by atoms with Gasteiger partial charge in [0.15, 0.2) is 0 Å². The quantitative estimate of drug-likeness (QED) is 0.751. The molecule has 0 saturated carbocycles. The largest absolute Gasteiger partial charge is 0.362 e. The molecular weight excluding hydrogens is 235 g/mol. The molecule has 5 heteroatoms. The van der Waals surface area contributed by atoms with Gasteiger partial charge in [0.2, 0.25) is 0 Å². The van der Waals surface area contributed by atoms with E-state index in [1.54, 1.807) is 38.1 Å². The van der Waals surface area contributed by atoms with Crippen molar-refractivity contribution in [3.05, 3.63) is 29.3 Å². The van der Waals surface area contributed by atoms with Gasteiger partial charge in [0, 0.05) is 0 Å². The summed E-state index contributed by atoms with van der Waals surface area (Å²) in [5, 5.41) is 0.832. The van der Waals surface area contributed by atoms with Gasteiger partial charge in [-0.05, 0) is 26.0 Å². The molecule has 15 heavy (non-hydrogen) atoms. The Kier molecular flexibility index (Phi) is 4.81. The summed E-state index contributed by atoms with van der Waals surface area (Å²) in [6.45, 7) is 4.18. The summed E-state index contributed by atoms with van der Waals surface area (Å²) in [5.74, 6) is 0. The van der Waals surface area contributed by atoms with E-state index in [-0.39, 0.29) is 0 Å². The molecule has 0 spiro atoms. The van der Waals surface area contributed by atoms with Gasteiger partial charge in [-0.15, -0.1) is 0 Å². The number of halogens is 1. The standard InChI is InChI=1S/C10H14ClO3P/c1-3-13-15(12,14-4-2)10-8-6-5-7-9(10)11/h5-8H,3-4H2,1-2H3. The average Bonchev–Trinajstić information content (AvgIpc) is 2.19. The third-order valence-electron chi connectivity index (χ3n) is 1.75. The zero-order valence-corrected chi connectivity index (χ0v) is 10.4. The minimum Gasteiger partial charge on any atom is -0.305 e. The zero-order chi connectivity index (χ0) is 11.3. The van der Waals surface area contributed by atoms with E-state index in [0.29, 0.717) is 23.5 Å². The number of benzene rings is 1. The van der Waals surface area contributed by atoms with Gasteiger partial charge in [-0.2, -0.15) is 0 Å². The summed E-state index contributed by atoms with van der Waals surface area (Å²) in [7, 11) is -3.24. The molecule has 0 amide bonds. The zero-order valence-electron chi connectivity index (χ0n) is 8.77. The van der Waals surface area contributed by atoms with Gasteiger partial charge >= 0.3 is 7.60 Å². The third-order valence-corrected chi connectivity index (χ3v) is 4.38. The summed E-state index contributed by atoms with van der Waals surface area (Å²) in [6, 6.07) is 6.86. The summed E-state index contributed by atoms with van der Waals surface area (Å²) in [6.07, 6.45) is 0. The van der Waals surface area contributed by atoms with E-state index < -0.39 is 7.60 Å². The predicted molar refractivity (Wildman–Crippen MR) is 61.9 cm³/mol. The van der Waals surface area contributed by atoms with Crippen molar-refractivity contribution in [1.82, 2.24) is 0 Å². The first-order valence-corrected chi connectivity index (χ1v) is 6.70. The summed E-state index contributed by atoms with van der Waals surface area (Å²) < 4.78 is 22.7. The molecule has 1 aromatic rings. The molecule has 84 valence electrons. The molecule has 0 radical (unpaired) electrons. The third kappa shape index (κ3) is 3.05. The van der Waals surface area contributed by atoms with E-state index in [4.69, 9.17) is 20.6 Å². The van der Waals surface area contributed by atoms with E-state index in [1.807, 2.05) is 0 Å². The van der Waals surface area contributed by atoms with Crippen LogP contribution in [0.15, 0.2) is 24.3 Å². The molecule has 0 aliphatic rings. The fraction of sp³-hybridized carbons (Fsp3) is 0.400. The molecule has 0 bridgehead atoms. The molecule has 0 atom stereocenters. The first-order valence-electron chi connectivity index (χ1n) is 4.78.